The second-order valence-electron chi connectivity index (χ2n) is 2.53. The molecule has 1 aliphatic heterocycles. The van der Waals surface area contributed by atoms with Crippen molar-refractivity contribution < 1.29 is 9.47 Å². The van der Waals surface area contributed by atoms with Gasteiger partial charge in [-0.15, -0.1) is 0 Å². The standard InChI is InChI=1S/C7H15NO2/c1-3-8(2)6-7-9-4-5-10-7/h7H,3-6H2,1-2H3. The summed E-state index contributed by atoms with van der Waals surface area (Å²) in [5.41, 5.74) is 0. The monoisotopic (exact) mass is 145 g/mol. The minimum atomic E-state index is 0.0185. The maximum absolute atomic E-state index is 5.26. The van der Waals surface area contributed by atoms with E-state index in [1.165, 1.54) is 0 Å². The van der Waals surface area contributed by atoms with Gasteiger partial charge < -0.3 is 14.4 Å². The first-order chi connectivity index (χ1) is 4.83. The Bertz CT molecular complexity index is 91.6. The number of rotatable bonds is 3. The molecule has 0 atom stereocenters. The number of hydrogen-bond acceptors (Lipinski definition) is 3. The lowest BCUT2D eigenvalue weighted by Gasteiger charge is -2.17. The van der Waals surface area contributed by atoms with Crippen LogP contribution in [0.5, 0.6) is 0 Å². The molecule has 1 fully saturated rings. The first kappa shape index (κ1) is 7.98. The van der Waals surface area contributed by atoms with Crippen LogP contribution in [0.2, 0.25) is 0 Å². The number of ether oxygens (including phenoxy) is 2. The molecule has 3 nitrogen and oxygen atoms in total. The molecule has 1 saturated heterocycles. The summed E-state index contributed by atoms with van der Waals surface area (Å²) in [6, 6.07) is 0. The van der Waals surface area contributed by atoms with E-state index in [2.05, 4.69) is 18.9 Å². The Kier molecular flexibility index (Phi) is 3.12. The highest BCUT2D eigenvalue weighted by Crippen LogP contribution is 2.03. The van der Waals surface area contributed by atoms with E-state index in [4.69, 9.17) is 9.47 Å². The van der Waals surface area contributed by atoms with Crippen molar-refractivity contribution >= 4 is 0 Å². The third-order valence-electron chi connectivity index (χ3n) is 1.69. The molecule has 0 radical (unpaired) electrons. The largest absolute Gasteiger partial charge is 0.349 e. The minimum Gasteiger partial charge on any atom is -0.349 e. The van der Waals surface area contributed by atoms with Gasteiger partial charge in [-0.05, 0) is 13.6 Å². The lowest BCUT2D eigenvalue weighted by atomic mass is 10.5. The van der Waals surface area contributed by atoms with Gasteiger partial charge in [0.1, 0.15) is 0 Å². The van der Waals surface area contributed by atoms with Crippen molar-refractivity contribution in [3.8, 4) is 0 Å². The minimum absolute atomic E-state index is 0.0185. The van der Waals surface area contributed by atoms with E-state index in [1.807, 2.05) is 0 Å². The Balaban J connectivity index is 2.11. The van der Waals surface area contributed by atoms with Crippen molar-refractivity contribution in [1.82, 2.24) is 4.90 Å². The summed E-state index contributed by atoms with van der Waals surface area (Å²) in [6.07, 6.45) is 0.0185. The number of nitrogens with zero attached hydrogens (tertiary/aromatic N) is 1. The highest BCUT2D eigenvalue weighted by molar-refractivity contribution is 4.56. The van der Waals surface area contributed by atoms with Gasteiger partial charge in [0.2, 0.25) is 0 Å². The van der Waals surface area contributed by atoms with Gasteiger partial charge in [-0.25, -0.2) is 0 Å². The molecule has 0 aliphatic carbocycles. The van der Waals surface area contributed by atoms with Crippen LogP contribution in [0.4, 0.5) is 0 Å². The Morgan fingerprint density at radius 2 is 2.00 bits per heavy atom. The van der Waals surface area contributed by atoms with E-state index < -0.39 is 0 Å². The molecule has 0 amide bonds. The van der Waals surface area contributed by atoms with Gasteiger partial charge in [-0.3, -0.25) is 0 Å². The van der Waals surface area contributed by atoms with Crippen LogP contribution < -0.4 is 0 Å². The average molecular weight is 145 g/mol. The predicted molar refractivity (Wildman–Crippen MR) is 38.9 cm³/mol. The van der Waals surface area contributed by atoms with E-state index in [0.29, 0.717) is 0 Å². The predicted octanol–water partition coefficient (Wildman–Crippen LogP) is 0.311. The lowest BCUT2D eigenvalue weighted by Crippen LogP contribution is -2.29. The molecule has 1 aliphatic rings. The van der Waals surface area contributed by atoms with Crippen LogP contribution in [-0.4, -0.2) is 44.5 Å². The third kappa shape index (κ3) is 2.25. The van der Waals surface area contributed by atoms with Crippen LogP contribution in [0, 0.1) is 0 Å². The zero-order valence-corrected chi connectivity index (χ0v) is 6.67. The number of likely N-dealkylation sites (N-methyl/N-ethyl adjacent to an activating group) is 1. The van der Waals surface area contributed by atoms with Crippen LogP contribution in [0.15, 0.2) is 0 Å². The van der Waals surface area contributed by atoms with Gasteiger partial charge in [0.05, 0.1) is 13.2 Å². The molecule has 1 heterocycles. The maximum Gasteiger partial charge on any atom is 0.170 e. The molecular weight excluding hydrogens is 130 g/mol. The maximum atomic E-state index is 5.26. The molecule has 0 aromatic rings. The molecule has 60 valence electrons. The van der Waals surface area contributed by atoms with Gasteiger partial charge >= 0.3 is 0 Å². The van der Waals surface area contributed by atoms with Crippen molar-refractivity contribution in [1.29, 1.82) is 0 Å². The Labute approximate surface area is 61.9 Å². The molecule has 0 aromatic carbocycles. The molecule has 10 heavy (non-hydrogen) atoms. The van der Waals surface area contributed by atoms with Gasteiger partial charge in [0.15, 0.2) is 6.29 Å². The van der Waals surface area contributed by atoms with Gasteiger partial charge in [-0.1, -0.05) is 6.92 Å². The highest BCUT2D eigenvalue weighted by Gasteiger charge is 2.16. The fourth-order valence-electron chi connectivity index (χ4n) is 0.896. The fourth-order valence-corrected chi connectivity index (χ4v) is 0.896. The van der Waals surface area contributed by atoms with Crippen molar-refractivity contribution in [2.45, 2.75) is 13.2 Å². The SMILES string of the molecule is CCN(C)CC1OCCO1. The van der Waals surface area contributed by atoms with Crippen molar-refractivity contribution in [3.63, 3.8) is 0 Å². The molecule has 3 heteroatoms. The smallest absolute Gasteiger partial charge is 0.170 e. The normalized spacial score (nSPS) is 20.7. The van der Waals surface area contributed by atoms with Crippen molar-refractivity contribution in [3.05, 3.63) is 0 Å². The summed E-state index contributed by atoms with van der Waals surface area (Å²) in [7, 11) is 2.06. The summed E-state index contributed by atoms with van der Waals surface area (Å²) < 4.78 is 10.5. The first-order valence-corrected chi connectivity index (χ1v) is 3.74. The van der Waals surface area contributed by atoms with Crippen molar-refractivity contribution in [2.75, 3.05) is 33.4 Å². The second kappa shape index (κ2) is 3.91. The molecule has 0 saturated carbocycles. The molecule has 1 rings (SSSR count). The molecule has 0 spiro atoms. The molecular formula is C7H15NO2. The first-order valence-electron chi connectivity index (χ1n) is 3.74. The van der Waals surface area contributed by atoms with Crippen LogP contribution >= 0.6 is 0 Å². The molecule has 0 N–H and O–H groups in total. The Morgan fingerprint density at radius 1 is 1.40 bits per heavy atom. The van der Waals surface area contributed by atoms with Crippen LogP contribution in [0.3, 0.4) is 0 Å². The van der Waals surface area contributed by atoms with E-state index >= 15 is 0 Å². The molecule has 0 aromatic heterocycles. The zero-order chi connectivity index (χ0) is 7.40. The Morgan fingerprint density at radius 3 is 2.50 bits per heavy atom. The summed E-state index contributed by atoms with van der Waals surface area (Å²) >= 11 is 0. The average Bonchev–Trinajstić information content (AvgIpc) is 2.40. The van der Waals surface area contributed by atoms with Gasteiger partial charge in [-0.2, -0.15) is 0 Å². The molecule has 0 unspecified atom stereocenters. The van der Waals surface area contributed by atoms with Crippen LogP contribution in [0.1, 0.15) is 6.92 Å². The van der Waals surface area contributed by atoms with Crippen LogP contribution in [-0.2, 0) is 9.47 Å². The quantitative estimate of drug-likeness (QED) is 0.570. The van der Waals surface area contributed by atoms with E-state index in [1.54, 1.807) is 0 Å². The summed E-state index contributed by atoms with van der Waals surface area (Å²) in [5.74, 6) is 0. The van der Waals surface area contributed by atoms with Crippen LogP contribution in [0.25, 0.3) is 0 Å². The number of hydrogen-bond donors (Lipinski definition) is 0. The molecule has 0 bridgehead atoms. The fraction of sp³-hybridized carbons (Fsp3) is 1.00. The summed E-state index contributed by atoms with van der Waals surface area (Å²) in [4.78, 5) is 2.18. The van der Waals surface area contributed by atoms with Crippen molar-refractivity contribution in [2.24, 2.45) is 0 Å². The second-order valence-corrected chi connectivity index (χ2v) is 2.53. The van der Waals surface area contributed by atoms with E-state index in [0.717, 1.165) is 26.3 Å². The Hall–Kier alpha value is -0.120. The summed E-state index contributed by atoms with van der Waals surface area (Å²) in [6.45, 7) is 5.55. The highest BCUT2D eigenvalue weighted by atomic mass is 16.7. The lowest BCUT2D eigenvalue weighted by molar-refractivity contribution is -0.0574. The van der Waals surface area contributed by atoms with E-state index in [-0.39, 0.29) is 6.29 Å². The third-order valence-corrected chi connectivity index (χ3v) is 1.69. The van der Waals surface area contributed by atoms with Gasteiger partial charge in [0.25, 0.3) is 0 Å². The zero-order valence-electron chi connectivity index (χ0n) is 6.67. The summed E-state index contributed by atoms with van der Waals surface area (Å²) in [5, 5.41) is 0. The van der Waals surface area contributed by atoms with E-state index in [9.17, 15) is 0 Å². The van der Waals surface area contributed by atoms with Gasteiger partial charge in [0, 0.05) is 6.54 Å². The topological polar surface area (TPSA) is 21.7 Å².